The molecule has 1 aliphatic rings. The highest BCUT2D eigenvalue weighted by molar-refractivity contribution is 7.50. The van der Waals surface area contributed by atoms with Gasteiger partial charge in [-0.1, -0.05) is 73.6 Å². The van der Waals surface area contributed by atoms with E-state index in [0.717, 1.165) is 24.0 Å². The smallest absolute Gasteiger partial charge is 0.330 e. The van der Waals surface area contributed by atoms with Gasteiger partial charge < -0.3 is 10.6 Å². The first-order valence-electron chi connectivity index (χ1n) is 10.6. The average molecular weight is 419 g/mol. The van der Waals surface area contributed by atoms with E-state index in [-0.39, 0.29) is 6.61 Å². The van der Waals surface area contributed by atoms with Gasteiger partial charge in [0.25, 0.3) is 0 Å². The van der Waals surface area contributed by atoms with Crippen LogP contribution in [0.4, 0.5) is 0 Å². The number of hydrogen-bond acceptors (Lipinski definition) is 3. The first-order chi connectivity index (χ1) is 14.1. The van der Waals surface area contributed by atoms with Crippen LogP contribution in [0.3, 0.4) is 0 Å². The van der Waals surface area contributed by atoms with Crippen LogP contribution in [0.1, 0.15) is 44.1 Å². The Bertz CT molecular complexity index is 716. The highest BCUT2D eigenvalue weighted by atomic mass is 31.2. The van der Waals surface area contributed by atoms with Crippen molar-refractivity contribution in [2.75, 3.05) is 19.7 Å². The van der Waals surface area contributed by atoms with Crippen molar-refractivity contribution in [3.8, 4) is 0 Å². The van der Waals surface area contributed by atoms with Gasteiger partial charge in [0.15, 0.2) is 0 Å². The third kappa shape index (κ3) is 10.7. The molecule has 2 unspecified atom stereocenters. The summed E-state index contributed by atoms with van der Waals surface area (Å²) in [6, 6.07) is 9.86. The van der Waals surface area contributed by atoms with Crippen molar-refractivity contribution in [1.82, 2.24) is 5.09 Å². The predicted octanol–water partition coefficient (Wildman–Crippen LogP) is 4.90. The highest BCUT2D eigenvalue weighted by Gasteiger charge is 2.17. The van der Waals surface area contributed by atoms with E-state index in [0.29, 0.717) is 31.8 Å². The quantitative estimate of drug-likeness (QED) is 0.497. The zero-order valence-electron chi connectivity index (χ0n) is 17.2. The number of hydrogen-bond donors (Lipinski definition) is 3. The van der Waals surface area contributed by atoms with Gasteiger partial charge >= 0.3 is 7.75 Å². The summed E-state index contributed by atoms with van der Waals surface area (Å²) in [7, 11) is -3.80. The van der Waals surface area contributed by atoms with Crippen LogP contribution in [-0.4, -0.2) is 24.6 Å². The predicted molar refractivity (Wildman–Crippen MR) is 121 cm³/mol. The first kappa shape index (κ1) is 23.8. The van der Waals surface area contributed by atoms with Gasteiger partial charge in [-0.3, -0.25) is 4.52 Å². The largest absolute Gasteiger partial charge is 0.402 e. The molecule has 0 amide bonds. The molecule has 29 heavy (non-hydrogen) atoms. The van der Waals surface area contributed by atoms with Gasteiger partial charge in [0, 0.05) is 6.54 Å². The summed E-state index contributed by atoms with van der Waals surface area (Å²) in [5.74, 6) is 0.415. The lowest BCUT2D eigenvalue weighted by atomic mass is 9.99. The average Bonchev–Trinajstić information content (AvgIpc) is 2.70. The molecule has 0 bridgehead atoms. The summed E-state index contributed by atoms with van der Waals surface area (Å²) in [5, 5.41) is 2.64. The third-order valence-corrected chi connectivity index (χ3v) is 6.15. The molecule has 2 rings (SSSR count). The molecule has 0 fully saturated rings. The Kier molecular flexibility index (Phi) is 11.2. The summed E-state index contributed by atoms with van der Waals surface area (Å²) < 4.78 is 17.5. The molecule has 1 aromatic carbocycles. The molecule has 0 saturated heterocycles. The van der Waals surface area contributed by atoms with E-state index in [2.05, 4.69) is 35.5 Å². The molecule has 0 spiro atoms. The van der Waals surface area contributed by atoms with E-state index in [1.807, 2.05) is 30.3 Å². The maximum atomic E-state index is 12.2. The second-order valence-corrected chi connectivity index (χ2v) is 9.03. The zero-order chi connectivity index (χ0) is 20.8. The van der Waals surface area contributed by atoms with Gasteiger partial charge in [0.2, 0.25) is 0 Å². The van der Waals surface area contributed by atoms with Crippen molar-refractivity contribution in [1.29, 1.82) is 0 Å². The monoisotopic (exact) mass is 418 g/mol. The molecular formula is C23H35N2O3P. The summed E-state index contributed by atoms with van der Waals surface area (Å²) in [4.78, 5) is 10.00. The summed E-state index contributed by atoms with van der Waals surface area (Å²) in [6.45, 7) is 1.25. The lowest BCUT2D eigenvalue weighted by Crippen LogP contribution is -2.16. The van der Waals surface area contributed by atoms with Crippen LogP contribution in [-0.2, 0) is 15.5 Å². The second kappa shape index (κ2) is 13.7. The Balaban J connectivity index is 1.80. The normalized spacial score (nSPS) is 24.3. The van der Waals surface area contributed by atoms with Crippen LogP contribution in [0, 0.1) is 5.92 Å². The fourth-order valence-corrected chi connectivity index (χ4v) is 4.07. The van der Waals surface area contributed by atoms with Gasteiger partial charge in [0.1, 0.15) is 0 Å². The fraction of sp³-hybridized carbons (Fsp3) is 0.478. The van der Waals surface area contributed by atoms with E-state index in [1.165, 1.54) is 19.3 Å². The number of rotatable bonds is 9. The van der Waals surface area contributed by atoms with Gasteiger partial charge in [0.05, 0.1) is 6.61 Å². The number of allylic oxidation sites excluding steroid dienone is 4. The van der Waals surface area contributed by atoms with Crippen LogP contribution in [0.15, 0.2) is 66.3 Å². The fourth-order valence-electron chi connectivity index (χ4n) is 3.25. The maximum Gasteiger partial charge on any atom is 0.402 e. The van der Waals surface area contributed by atoms with Crippen molar-refractivity contribution in [3.63, 3.8) is 0 Å². The highest BCUT2D eigenvalue weighted by Crippen LogP contribution is 2.36. The molecule has 0 aromatic heterocycles. The van der Waals surface area contributed by atoms with Crippen molar-refractivity contribution in [2.45, 2.75) is 44.9 Å². The molecule has 4 N–H and O–H groups in total. The number of nitrogens with two attached hydrogens (primary N) is 1. The summed E-state index contributed by atoms with van der Waals surface area (Å²) in [5.41, 5.74) is 8.05. The Morgan fingerprint density at radius 3 is 2.79 bits per heavy atom. The molecule has 0 aliphatic heterocycles. The Labute approximate surface area is 175 Å². The van der Waals surface area contributed by atoms with Gasteiger partial charge in [-0.15, -0.1) is 0 Å². The molecule has 160 valence electrons. The summed E-state index contributed by atoms with van der Waals surface area (Å²) in [6.07, 6.45) is 17.6. The van der Waals surface area contributed by atoms with Gasteiger partial charge in [-0.05, 0) is 55.7 Å². The Morgan fingerprint density at radius 2 is 2.00 bits per heavy atom. The van der Waals surface area contributed by atoms with Gasteiger partial charge in [-0.25, -0.2) is 9.65 Å². The van der Waals surface area contributed by atoms with Crippen LogP contribution in [0.2, 0.25) is 0 Å². The maximum absolute atomic E-state index is 12.2. The minimum atomic E-state index is -3.80. The van der Waals surface area contributed by atoms with E-state index in [1.54, 1.807) is 0 Å². The van der Waals surface area contributed by atoms with Crippen molar-refractivity contribution in [2.24, 2.45) is 11.7 Å². The van der Waals surface area contributed by atoms with Crippen LogP contribution >= 0.6 is 7.75 Å². The van der Waals surface area contributed by atoms with Gasteiger partial charge in [-0.2, -0.15) is 0 Å². The lowest BCUT2D eigenvalue weighted by molar-refractivity contribution is 0.253. The molecule has 1 aromatic rings. The molecule has 0 heterocycles. The van der Waals surface area contributed by atoms with Crippen LogP contribution in [0.25, 0.3) is 0 Å². The van der Waals surface area contributed by atoms with E-state index in [4.69, 9.17) is 10.3 Å². The van der Waals surface area contributed by atoms with Crippen LogP contribution < -0.4 is 10.8 Å². The van der Waals surface area contributed by atoms with Crippen molar-refractivity contribution < 1.29 is 14.0 Å². The topological polar surface area (TPSA) is 84.6 Å². The second-order valence-electron chi connectivity index (χ2n) is 7.41. The minimum Gasteiger partial charge on any atom is -0.330 e. The standard InChI is InChI=1S/C23H35N2O3P/c24-20-23-13-6-3-1-2-5-12-22(14-9-15-23)17-19-28-29(26,27)25-18-16-21-10-7-4-8-11-21/h4-5,7-12,14-15,23H,1-3,6,13,16-20,24H2,(H2,25,26,27)/b12-5+,15-9-,22-14+. The molecule has 0 radical (unpaired) electrons. The summed E-state index contributed by atoms with van der Waals surface area (Å²) >= 11 is 0. The molecule has 6 heteroatoms. The molecule has 1 aliphatic carbocycles. The number of nitrogens with one attached hydrogen (secondary N) is 1. The zero-order valence-corrected chi connectivity index (χ0v) is 18.1. The van der Waals surface area contributed by atoms with E-state index in [9.17, 15) is 9.46 Å². The van der Waals surface area contributed by atoms with Crippen molar-refractivity contribution in [3.05, 3.63) is 71.8 Å². The molecule has 5 nitrogen and oxygen atoms in total. The Morgan fingerprint density at radius 1 is 1.17 bits per heavy atom. The van der Waals surface area contributed by atoms with Crippen molar-refractivity contribution >= 4 is 7.75 Å². The minimum absolute atomic E-state index is 0.191. The molecular weight excluding hydrogens is 383 g/mol. The lowest BCUT2D eigenvalue weighted by Gasteiger charge is -2.14. The Hall–Kier alpha value is -1.49. The third-order valence-electron chi connectivity index (χ3n) is 5.00. The van der Waals surface area contributed by atoms with Crippen LogP contribution in [0.5, 0.6) is 0 Å². The first-order valence-corrected chi connectivity index (χ1v) is 12.2. The van der Waals surface area contributed by atoms with E-state index >= 15 is 0 Å². The SMILES string of the molecule is NCC1\C=C/C=C(CCOP(=O)(O)NCCc2ccccc2)\C=C\CCCCC1. The molecule has 2 atom stereocenters. The van der Waals surface area contributed by atoms with E-state index < -0.39 is 7.75 Å². The number of benzene rings is 1. The molecule has 0 saturated carbocycles.